The van der Waals surface area contributed by atoms with Gasteiger partial charge in [0.05, 0.1) is 33.2 Å². The van der Waals surface area contributed by atoms with Crippen LogP contribution in [0.4, 0.5) is 0 Å². The molecule has 0 unspecified atom stereocenters. The number of carbonyl (C=O) groups excluding carboxylic acids is 1. The standard InChI is InChI=1S/C20H20N4O4/c1-26-17-9-13(10-18(27-2)19(17)28-3)12-21-24-20(25)16-11-15(22-23-16)14-7-5-4-6-8-14/h4-12H,1-3H3,(H,22,23)(H,24,25)/b21-12-. The molecule has 28 heavy (non-hydrogen) atoms. The van der Waals surface area contributed by atoms with Gasteiger partial charge in [-0.25, -0.2) is 5.43 Å². The van der Waals surface area contributed by atoms with E-state index in [9.17, 15) is 4.79 Å². The van der Waals surface area contributed by atoms with Crippen LogP contribution in [-0.4, -0.2) is 43.6 Å². The van der Waals surface area contributed by atoms with Gasteiger partial charge in [0.2, 0.25) is 5.75 Å². The maximum Gasteiger partial charge on any atom is 0.289 e. The number of hydrogen-bond donors (Lipinski definition) is 2. The van der Waals surface area contributed by atoms with E-state index in [0.29, 0.717) is 34.2 Å². The molecule has 2 N–H and O–H groups in total. The topological polar surface area (TPSA) is 97.8 Å². The van der Waals surface area contributed by atoms with Gasteiger partial charge in [-0.05, 0) is 18.2 Å². The molecule has 0 fully saturated rings. The lowest BCUT2D eigenvalue weighted by Gasteiger charge is -2.12. The molecule has 3 rings (SSSR count). The first-order valence-electron chi connectivity index (χ1n) is 8.40. The van der Waals surface area contributed by atoms with E-state index in [0.717, 1.165) is 5.56 Å². The Hall–Kier alpha value is -3.81. The molecular weight excluding hydrogens is 360 g/mol. The zero-order chi connectivity index (χ0) is 19.9. The number of methoxy groups -OCH3 is 3. The number of amides is 1. The molecule has 1 amide bonds. The monoisotopic (exact) mass is 380 g/mol. The van der Waals surface area contributed by atoms with Crippen molar-refractivity contribution in [1.82, 2.24) is 15.6 Å². The summed E-state index contributed by atoms with van der Waals surface area (Å²) in [5.41, 5.74) is 5.03. The molecule has 144 valence electrons. The third kappa shape index (κ3) is 4.12. The van der Waals surface area contributed by atoms with Crippen molar-refractivity contribution in [2.45, 2.75) is 0 Å². The molecule has 1 heterocycles. The van der Waals surface area contributed by atoms with Crippen LogP contribution in [0.5, 0.6) is 17.2 Å². The first-order chi connectivity index (χ1) is 13.7. The predicted octanol–water partition coefficient (Wildman–Crippen LogP) is 2.87. The molecule has 0 radical (unpaired) electrons. The van der Waals surface area contributed by atoms with Crippen LogP contribution < -0.4 is 19.6 Å². The number of hydrazone groups is 1. The minimum Gasteiger partial charge on any atom is -0.493 e. The molecule has 3 aromatic rings. The number of aromatic amines is 1. The minimum atomic E-state index is -0.404. The average Bonchev–Trinajstić information content (AvgIpc) is 3.24. The summed E-state index contributed by atoms with van der Waals surface area (Å²) in [5.74, 6) is 1.07. The number of benzene rings is 2. The molecule has 0 saturated heterocycles. The largest absolute Gasteiger partial charge is 0.493 e. The number of ether oxygens (including phenoxy) is 3. The Labute approximate surface area is 162 Å². The fraction of sp³-hybridized carbons (Fsp3) is 0.150. The molecule has 0 saturated carbocycles. The highest BCUT2D eigenvalue weighted by atomic mass is 16.5. The lowest BCUT2D eigenvalue weighted by atomic mass is 10.1. The molecule has 8 heteroatoms. The van der Waals surface area contributed by atoms with Gasteiger partial charge in [0, 0.05) is 11.1 Å². The summed E-state index contributed by atoms with van der Waals surface area (Å²) < 4.78 is 15.9. The molecule has 0 aliphatic rings. The van der Waals surface area contributed by atoms with Crippen LogP contribution >= 0.6 is 0 Å². The average molecular weight is 380 g/mol. The highest BCUT2D eigenvalue weighted by Gasteiger charge is 2.13. The summed E-state index contributed by atoms with van der Waals surface area (Å²) in [7, 11) is 4.59. The van der Waals surface area contributed by atoms with E-state index in [1.54, 1.807) is 18.2 Å². The number of aromatic nitrogens is 2. The van der Waals surface area contributed by atoms with Gasteiger partial charge in [-0.2, -0.15) is 10.2 Å². The van der Waals surface area contributed by atoms with Crippen LogP contribution in [0, 0.1) is 0 Å². The fourth-order valence-electron chi connectivity index (χ4n) is 2.60. The van der Waals surface area contributed by atoms with E-state index in [1.807, 2.05) is 30.3 Å². The number of H-pyrrole nitrogens is 1. The van der Waals surface area contributed by atoms with E-state index in [2.05, 4.69) is 20.7 Å². The van der Waals surface area contributed by atoms with E-state index >= 15 is 0 Å². The zero-order valence-corrected chi connectivity index (χ0v) is 15.7. The molecule has 0 aliphatic carbocycles. The van der Waals surface area contributed by atoms with Gasteiger partial charge in [-0.15, -0.1) is 0 Å². The number of nitrogens with zero attached hydrogens (tertiary/aromatic N) is 2. The van der Waals surface area contributed by atoms with Gasteiger partial charge in [0.25, 0.3) is 5.91 Å². The van der Waals surface area contributed by atoms with Gasteiger partial charge < -0.3 is 14.2 Å². The maximum atomic E-state index is 12.3. The van der Waals surface area contributed by atoms with E-state index in [1.165, 1.54) is 27.5 Å². The van der Waals surface area contributed by atoms with Crippen molar-refractivity contribution in [1.29, 1.82) is 0 Å². The Balaban J connectivity index is 1.71. The lowest BCUT2D eigenvalue weighted by molar-refractivity contribution is 0.0950. The van der Waals surface area contributed by atoms with Crippen molar-refractivity contribution in [3.63, 3.8) is 0 Å². The quantitative estimate of drug-likeness (QED) is 0.485. The summed E-state index contributed by atoms with van der Waals surface area (Å²) in [5, 5.41) is 10.8. The summed E-state index contributed by atoms with van der Waals surface area (Å²) in [4.78, 5) is 12.3. The van der Waals surface area contributed by atoms with Crippen LogP contribution in [0.3, 0.4) is 0 Å². The Morgan fingerprint density at radius 1 is 1.04 bits per heavy atom. The third-order valence-electron chi connectivity index (χ3n) is 3.96. The van der Waals surface area contributed by atoms with Gasteiger partial charge in [0.15, 0.2) is 11.5 Å². The van der Waals surface area contributed by atoms with E-state index < -0.39 is 5.91 Å². The molecule has 8 nitrogen and oxygen atoms in total. The molecule has 1 aromatic heterocycles. The summed E-state index contributed by atoms with van der Waals surface area (Å²) in [6, 6.07) is 14.7. The van der Waals surface area contributed by atoms with Crippen LogP contribution in [0.25, 0.3) is 11.3 Å². The van der Waals surface area contributed by atoms with Crippen molar-refractivity contribution in [3.05, 3.63) is 59.8 Å². The van der Waals surface area contributed by atoms with E-state index in [4.69, 9.17) is 14.2 Å². The highest BCUT2D eigenvalue weighted by Crippen LogP contribution is 2.37. The predicted molar refractivity (Wildman–Crippen MR) is 105 cm³/mol. The SMILES string of the molecule is COc1cc(/C=N\NC(=O)c2cc(-c3ccccc3)n[nH]2)cc(OC)c1OC. The second kappa shape index (κ2) is 8.72. The van der Waals surface area contributed by atoms with Crippen LogP contribution in [0.2, 0.25) is 0 Å². The third-order valence-corrected chi connectivity index (χ3v) is 3.96. The molecular formula is C20H20N4O4. The second-order valence-corrected chi connectivity index (χ2v) is 5.69. The smallest absolute Gasteiger partial charge is 0.289 e. The molecule has 0 aliphatic heterocycles. The maximum absolute atomic E-state index is 12.3. The Bertz CT molecular complexity index is 958. The second-order valence-electron chi connectivity index (χ2n) is 5.69. The molecule has 0 atom stereocenters. The van der Waals surface area contributed by atoms with Gasteiger partial charge in [0.1, 0.15) is 5.69 Å². The highest BCUT2D eigenvalue weighted by molar-refractivity contribution is 5.94. The summed E-state index contributed by atoms with van der Waals surface area (Å²) >= 11 is 0. The van der Waals surface area contributed by atoms with Gasteiger partial charge in [-0.3, -0.25) is 9.89 Å². The molecule has 0 spiro atoms. The van der Waals surface area contributed by atoms with Crippen LogP contribution in [-0.2, 0) is 0 Å². The van der Waals surface area contributed by atoms with Crippen LogP contribution in [0.1, 0.15) is 16.1 Å². The zero-order valence-electron chi connectivity index (χ0n) is 15.7. The first kappa shape index (κ1) is 19.0. The van der Waals surface area contributed by atoms with E-state index in [-0.39, 0.29) is 0 Å². The number of nitrogens with one attached hydrogen (secondary N) is 2. The Kier molecular flexibility index (Phi) is 5.91. The lowest BCUT2D eigenvalue weighted by Crippen LogP contribution is -2.18. The van der Waals surface area contributed by atoms with Crippen molar-refractivity contribution in [3.8, 4) is 28.5 Å². The number of carbonyl (C=O) groups is 1. The van der Waals surface area contributed by atoms with Crippen molar-refractivity contribution < 1.29 is 19.0 Å². The Morgan fingerprint density at radius 3 is 2.32 bits per heavy atom. The summed E-state index contributed by atoms with van der Waals surface area (Å²) in [6.07, 6.45) is 1.48. The van der Waals surface area contributed by atoms with Crippen molar-refractivity contribution >= 4 is 12.1 Å². The first-order valence-corrected chi connectivity index (χ1v) is 8.40. The minimum absolute atomic E-state index is 0.306. The fourth-order valence-corrected chi connectivity index (χ4v) is 2.60. The Morgan fingerprint density at radius 2 is 1.71 bits per heavy atom. The van der Waals surface area contributed by atoms with Gasteiger partial charge in [-0.1, -0.05) is 30.3 Å². The summed E-state index contributed by atoms with van der Waals surface area (Å²) in [6.45, 7) is 0. The van der Waals surface area contributed by atoms with Crippen LogP contribution in [0.15, 0.2) is 53.6 Å². The normalized spacial score (nSPS) is 10.7. The number of rotatable bonds is 7. The van der Waals surface area contributed by atoms with Crippen molar-refractivity contribution in [2.24, 2.45) is 5.10 Å². The molecule has 0 bridgehead atoms. The van der Waals surface area contributed by atoms with Crippen molar-refractivity contribution in [2.75, 3.05) is 21.3 Å². The number of hydrogen-bond acceptors (Lipinski definition) is 6. The molecule has 2 aromatic carbocycles. The van der Waals surface area contributed by atoms with Gasteiger partial charge >= 0.3 is 0 Å².